The Hall–Kier alpha value is -4.00. The second kappa shape index (κ2) is 6.31. The van der Waals surface area contributed by atoms with Crippen molar-refractivity contribution in [1.82, 2.24) is 24.1 Å². The van der Waals surface area contributed by atoms with E-state index in [1.165, 1.54) is 0 Å². The summed E-state index contributed by atoms with van der Waals surface area (Å²) in [6.07, 6.45) is 4.99. The van der Waals surface area contributed by atoms with Gasteiger partial charge in [0.05, 0.1) is 29.3 Å². The molecule has 1 N–H and O–H groups in total. The number of amides is 1. The monoisotopic (exact) mass is 368 g/mol. The van der Waals surface area contributed by atoms with Gasteiger partial charge in [-0.3, -0.25) is 4.79 Å². The predicted octanol–water partition coefficient (Wildman–Crippen LogP) is 3.54. The van der Waals surface area contributed by atoms with Crippen LogP contribution in [0.2, 0.25) is 0 Å². The molecule has 3 aromatic heterocycles. The van der Waals surface area contributed by atoms with Crippen LogP contribution in [0.4, 0.5) is 5.69 Å². The van der Waals surface area contributed by atoms with Crippen molar-refractivity contribution >= 4 is 28.3 Å². The number of carbonyl (C=O) groups excluding carboxylic acids is 1. The zero-order valence-corrected chi connectivity index (χ0v) is 15.1. The second-order valence-corrected chi connectivity index (χ2v) is 6.50. The van der Waals surface area contributed by atoms with Gasteiger partial charge in [0.25, 0.3) is 5.91 Å². The van der Waals surface area contributed by atoms with Crippen LogP contribution in [0.3, 0.4) is 0 Å². The summed E-state index contributed by atoms with van der Waals surface area (Å²) in [5.41, 5.74) is 5.34. The Balaban J connectivity index is 1.52. The van der Waals surface area contributed by atoms with E-state index in [1.54, 1.807) is 23.2 Å². The number of fused-ring (bicyclic) bond motifs is 2. The van der Waals surface area contributed by atoms with Crippen LogP contribution >= 0.6 is 0 Å². The molecule has 7 heteroatoms. The lowest BCUT2D eigenvalue weighted by Crippen LogP contribution is -2.12. The molecule has 0 aliphatic rings. The van der Waals surface area contributed by atoms with Gasteiger partial charge in [-0.15, -0.1) is 0 Å². The van der Waals surface area contributed by atoms with E-state index < -0.39 is 0 Å². The third-order valence-corrected chi connectivity index (χ3v) is 4.70. The molecule has 0 fully saturated rings. The molecule has 0 aliphatic heterocycles. The number of rotatable bonds is 3. The SMILES string of the molecule is Cn1cnc2ccc(NC(=O)c3cnn4c(-c5ccccc5)ccnc34)cc21. The fraction of sp³-hybridized carbons (Fsp3) is 0.0476. The molecule has 0 radical (unpaired) electrons. The number of hydrogen-bond donors (Lipinski definition) is 1. The number of imidazole rings is 1. The second-order valence-electron chi connectivity index (χ2n) is 6.50. The minimum atomic E-state index is -0.255. The van der Waals surface area contributed by atoms with Gasteiger partial charge in [0, 0.05) is 24.5 Å². The van der Waals surface area contributed by atoms with Gasteiger partial charge in [0.2, 0.25) is 0 Å². The highest BCUT2D eigenvalue weighted by Crippen LogP contribution is 2.22. The molecule has 0 bridgehead atoms. The van der Waals surface area contributed by atoms with E-state index in [1.807, 2.05) is 66.2 Å². The molecule has 28 heavy (non-hydrogen) atoms. The van der Waals surface area contributed by atoms with Gasteiger partial charge < -0.3 is 9.88 Å². The van der Waals surface area contributed by atoms with E-state index in [-0.39, 0.29) is 5.91 Å². The molecule has 0 saturated heterocycles. The summed E-state index contributed by atoms with van der Waals surface area (Å²) in [6, 6.07) is 17.4. The maximum absolute atomic E-state index is 12.9. The fourth-order valence-corrected chi connectivity index (χ4v) is 3.28. The summed E-state index contributed by atoms with van der Waals surface area (Å²) in [4.78, 5) is 21.5. The number of nitrogens with zero attached hydrogens (tertiary/aromatic N) is 5. The van der Waals surface area contributed by atoms with Gasteiger partial charge in [0.1, 0.15) is 5.56 Å². The summed E-state index contributed by atoms with van der Waals surface area (Å²) in [5.74, 6) is -0.255. The molecular formula is C21H16N6O. The minimum Gasteiger partial charge on any atom is -0.334 e. The van der Waals surface area contributed by atoms with Crippen molar-refractivity contribution in [2.45, 2.75) is 0 Å². The van der Waals surface area contributed by atoms with E-state index in [9.17, 15) is 4.79 Å². The average molecular weight is 368 g/mol. The number of aromatic nitrogens is 5. The van der Waals surface area contributed by atoms with Crippen molar-refractivity contribution in [3.8, 4) is 11.3 Å². The number of benzene rings is 2. The van der Waals surface area contributed by atoms with Crippen molar-refractivity contribution in [1.29, 1.82) is 0 Å². The molecule has 3 heterocycles. The maximum Gasteiger partial charge on any atom is 0.261 e. The van der Waals surface area contributed by atoms with Gasteiger partial charge in [-0.05, 0) is 24.3 Å². The lowest BCUT2D eigenvalue weighted by Gasteiger charge is -2.06. The third-order valence-electron chi connectivity index (χ3n) is 4.70. The number of carbonyl (C=O) groups is 1. The quantitative estimate of drug-likeness (QED) is 0.528. The predicted molar refractivity (Wildman–Crippen MR) is 107 cm³/mol. The standard InChI is InChI=1S/C21H16N6O/c1-26-13-23-17-8-7-15(11-19(17)26)25-21(28)16-12-24-27-18(9-10-22-20(16)27)14-5-3-2-4-6-14/h2-13H,1H3,(H,25,28). The van der Waals surface area contributed by atoms with Gasteiger partial charge in [-0.1, -0.05) is 30.3 Å². The Morgan fingerprint density at radius 1 is 1.04 bits per heavy atom. The highest BCUT2D eigenvalue weighted by molar-refractivity contribution is 6.08. The minimum absolute atomic E-state index is 0.255. The Morgan fingerprint density at radius 2 is 1.89 bits per heavy atom. The first-order chi connectivity index (χ1) is 13.7. The Kier molecular flexibility index (Phi) is 3.65. The summed E-state index contributed by atoms with van der Waals surface area (Å²) in [6.45, 7) is 0. The summed E-state index contributed by atoms with van der Waals surface area (Å²) >= 11 is 0. The average Bonchev–Trinajstić information content (AvgIpc) is 3.32. The van der Waals surface area contributed by atoms with Crippen LogP contribution in [0.5, 0.6) is 0 Å². The maximum atomic E-state index is 12.9. The zero-order chi connectivity index (χ0) is 19.1. The third kappa shape index (κ3) is 2.61. The highest BCUT2D eigenvalue weighted by Gasteiger charge is 2.16. The Bertz CT molecular complexity index is 1320. The zero-order valence-electron chi connectivity index (χ0n) is 15.1. The van der Waals surface area contributed by atoms with Crippen LogP contribution < -0.4 is 5.32 Å². The van der Waals surface area contributed by atoms with E-state index in [0.717, 1.165) is 22.3 Å². The molecular weight excluding hydrogens is 352 g/mol. The van der Waals surface area contributed by atoms with Crippen LogP contribution in [-0.4, -0.2) is 30.1 Å². The normalized spacial score (nSPS) is 11.2. The van der Waals surface area contributed by atoms with Gasteiger partial charge in [-0.25, -0.2) is 14.5 Å². The molecule has 136 valence electrons. The Labute approximate surface area is 160 Å². The topological polar surface area (TPSA) is 77.1 Å². The lowest BCUT2D eigenvalue weighted by atomic mass is 10.1. The molecule has 0 unspecified atom stereocenters. The van der Waals surface area contributed by atoms with E-state index in [4.69, 9.17) is 0 Å². The van der Waals surface area contributed by atoms with Crippen LogP contribution in [0.15, 0.2) is 73.3 Å². The first-order valence-corrected chi connectivity index (χ1v) is 8.81. The largest absolute Gasteiger partial charge is 0.334 e. The fourth-order valence-electron chi connectivity index (χ4n) is 3.28. The van der Waals surface area contributed by atoms with Crippen molar-refractivity contribution in [2.24, 2.45) is 7.05 Å². The molecule has 0 aliphatic carbocycles. The van der Waals surface area contributed by atoms with Gasteiger partial charge in [-0.2, -0.15) is 5.10 Å². The molecule has 5 rings (SSSR count). The van der Waals surface area contributed by atoms with Crippen LogP contribution in [-0.2, 0) is 7.05 Å². The molecule has 7 nitrogen and oxygen atoms in total. The van der Waals surface area contributed by atoms with E-state index >= 15 is 0 Å². The van der Waals surface area contributed by atoms with Crippen LogP contribution in [0, 0.1) is 0 Å². The lowest BCUT2D eigenvalue weighted by molar-refractivity contribution is 0.102. The van der Waals surface area contributed by atoms with Crippen LogP contribution in [0.1, 0.15) is 10.4 Å². The van der Waals surface area contributed by atoms with E-state index in [0.29, 0.717) is 16.9 Å². The van der Waals surface area contributed by atoms with E-state index in [2.05, 4.69) is 20.4 Å². The van der Waals surface area contributed by atoms with Crippen molar-refractivity contribution in [2.75, 3.05) is 5.32 Å². The summed E-state index contributed by atoms with van der Waals surface area (Å²) < 4.78 is 3.60. The molecule has 0 atom stereocenters. The molecule has 1 amide bonds. The van der Waals surface area contributed by atoms with Crippen molar-refractivity contribution < 1.29 is 4.79 Å². The first kappa shape index (κ1) is 16.2. The van der Waals surface area contributed by atoms with Crippen molar-refractivity contribution in [3.63, 3.8) is 0 Å². The Morgan fingerprint density at radius 3 is 2.75 bits per heavy atom. The van der Waals surface area contributed by atoms with Gasteiger partial charge in [0.15, 0.2) is 5.65 Å². The smallest absolute Gasteiger partial charge is 0.261 e. The molecule has 5 aromatic rings. The number of nitrogens with one attached hydrogen (secondary N) is 1. The first-order valence-electron chi connectivity index (χ1n) is 8.81. The highest BCUT2D eigenvalue weighted by atomic mass is 16.1. The van der Waals surface area contributed by atoms with Gasteiger partial charge >= 0.3 is 0 Å². The number of aryl methyl sites for hydroxylation is 1. The molecule has 0 spiro atoms. The van der Waals surface area contributed by atoms with Crippen LogP contribution in [0.25, 0.3) is 27.9 Å². The molecule has 2 aromatic carbocycles. The molecule has 0 saturated carbocycles. The summed E-state index contributed by atoms with van der Waals surface area (Å²) in [5, 5.41) is 7.32. The summed E-state index contributed by atoms with van der Waals surface area (Å²) in [7, 11) is 1.92. The number of anilines is 1. The van der Waals surface area contributed by atoms with Crippen molar-refractivity contribution in [3.05, 3.63) is 78.9 Å². The number of hydrogen-bond acceptors (Lipinski definition) is 4.